The Morgan fingerprint density at radius 3 is 2.33 bits per heavy atom. The highest BCUT2D eigenvalue weighted by Gasteiger charge is 2.42. The molecule has 21 heavy (non-hydrogen) atoms. The molecular weight excluding hydrogens is 280 g/mol. The molecule has 0 unspecified atom stereocenters. The molecule has 2 aliphatic carbocycles. The summed E-state index contributed by atoms with van der Waals surface area (Å²) in [5.74, 6) is 2.09. The van der Waals surface area contributed by atoms with E-state index >= 15 is 0 Å². The molecule has 3 fully saturated rings. The van der Waals surface area contributed by atoms with Gasteiger partial charge in [-0.15, -0.1) is 0 Å². The van der Waals surface area contributed by atoms with Crippen LogP contribution in [0.15, 0.2) is 24.3 Å². The van der Waals surface area contributed by atoms with E-state index in [1.807, 2.05) is 12.1 Å². The Morgan fingerprint density at radius 1 is 0.952 bits per heavy atom. The molecule has 1 aromatic rings. The fourth-order valence-corrected chi connectivity index (χ4v) is 4.89. The van der Waals surface area contributed by atoms with Gasteiger partial charge in [0, 0.05) is 43.8 Å². The van der Waals surface area contributed by atoms with Gasteiger partial charge in [-0.1, -0.05) is 30.2 Å². The van der Waals surface area contributed by atoms with Gasteiger partial charge in [-0.05, 0) is 48.8 Å². The maximum absolute atomic E-state index is 5.96. The molecule has 1 aliphatic heterocycles. The van der Waals surface area contributed by atoms with Crippen molar-refractivity contribution in [3.63, 3.8) is 0 Å². The van der Waals surface area contributed by atoms with Crippen molar-refractivity contribution in [1.82, 2.24) is 9.80 Å². The Bertz CT molecular complexity index is 478. The minimum Gasteiger partial charge on any atom is -0.298 e. The molecule has 4 rings (SSSR count). The Kier molecular flexibility index (Phi) is 3.95. The summed E-state index contributed by atoms with van der Waals surface area (Å²) in [6.07, 6.45) is 6.02. The standard InChI is InChI=1S/C18H25ClN2/c19-17-5-2-14(3-6-17)13-20-7-9-21(10-8-20)18-12-15-1-4-16(18)11-15/h2-3,5-6,15-16,18H,1,4,7-13H2/t15-,16+,18+/m0/s1. The third kappa shape index (κ3) is 2.99. The second kappa shape index (κ2) is 5.91. The maximum atomic E-state index is 5.96. The summed E-state index contributed by atoms with van der Waals surface area (Å²) >= 11 is 5.96. The van der Waals surface area contributed by atoms with Crippen LogP contribution in [0.25, 0.3) is 0 Å². The van der Waals surface area contributed by atoms with Crippen molar-refractivity contribution in [3.05, 3.63) is 34.9 Å². The smallest absolute Gasteiger partial charge is 0.0406 e. The second-order valence-electron chi connectivity index (χ2n) is 7.18. The van der Waals surface area contributed by atoms with E-state index in [0.717, 1.165) is 29.4 Å². The predicted octanol–water partition coefficient (Wildman–Crippen LogP) is 3.65. The lowest BCUT2D eigenvalue weighted by molar-refractivity contribution is 0.0680. The Morgan fingerprint density at radius 2 is 1.71 bits per heavy atom. The van der Waals surface area contributed by atoms with Crippen molar-refractivity contribution >= 4 is 11.6 Å². The van der Waals surface area contributed by atoms with Gasteiger partial charge in [0.15, 0.2) is 0 Å². The van der Waals surface area contributed by atoms with E-state index in [-0.39, 0.29) is 0 Å². The third-order valence-corrected chi connectivity index (χ3v) is 6.15. The van der Waals surface area contributed by atoms with Crippen LogP contribution < -0.4 is 0 Å². The highest BCUT2D eigenvalue weighted by Crippen LogP contribution is 2.46. The van der Waals surface area contributed by atoms with Crippen LogP contribution in [0.1, 0.15) is 31.2 Å². The molecule has 0 N–H and O–H groups in total. The van der Waals surface area contributed by atoms with E-state index < -0.39 is 0 Å². The molecule has 0 aromatic heterocycles. The van der Waals surface area contributed by atoms with Crippen molar-refractivity contribution in [2.24, 2.45) is 11.8 Å². The van der Waals surface area contributed by atoms with Crippen LogP contribution in [-0.2, 0) is 6.54 Å². The van der Waals surface area contributed by atoms with Gasteiger partial charge in [0.05, 0.1) is 0 Å². The molecule has 114 valence electrons. The number of fused-ring (bicyclic) bond motifs is 2. The minimum absolute atomic E-state index is 0.833. The summed E-state index contributed by atoms with van der Waals surface area (Å²) in [6, 6.07) is 9.24. The molecule has 3 aliphatic rings. The molecule has 1 saturated heterocycles. The molecule has 1 aromatic carbocycles. The molecule has 0 radical (unpaired) electrons. The highest BCUT2D eigenvalue weighted by atomic mass is 35.5. The first-order chi connectivity index (χ1) is 10.3. The van der Waals surface area contributed by atoms with Gasteiger partial charge < -0.3 is 0 Å². The third-order valence-electron chi connectivity index (χ3n) is 5.90. The van der Waals surface area contributed by atoms with Crippen LogP contribution in [0.4, 0.5) is 0 Å². The van der Waals surface area contributed by atoms with Crippen molar-refractivity contribution in [3.8, 4) is 0 Å². The number of hydrogen-bond acceptors (Lipinski definition) is 2. The summed E-state index contributed by atoms with van der Waals surface area (Å²) < 4.78 is 0. The van der Waals surface area contributed by atoms with Crippen LogP contribution in [-0.4, -0.2) is 42.0 Å². The van der Waals surface area contributed by atoms with E-state index in [1.165, 1.54) is 57.4 Å². The van der Waals surface area contributed by atoms with E-state index in [1.54, 1.807) is 0 Å². The molecule has 2 nitrogen and oxygen atoms in total. The summed E-state index contributed by atoms with van der Waals surface area (Å²) in [6.45, 7) is 6.04. The number of rotatable bonds is 3. The predicted molar refractivity (Wildman–Crippen MR) is 87.5 cm³/mol. The van der Waals surface area contributed by atoms with E-state index in [4.69, 9.17) is 11.6 Å². The lowest BCUT2D eigenvalue weighted by Gasteiger charge is -2.41. The minimum atomic E-state index is 0.833. The van der Waals surface area contributed by atoms with Gasteiger partial charge in [-0.25, -0.2) is 0 Å². The number of benzene rings is 1. The van der Waals surface area contributed by atoms with Gasteiger partial charge in [-0.2, -0.15) is 0 Å². The van der Waals surface area contributed by atoms with Gasteiger partial charge in [0.25, 0.3) is 0 Å². The first kappa shape index (κ1) is 14.0. The number of halogens is 1. The van der Waals surface area contributed by atoms with Crippen molar-refractivity contribution in [2.45, 2.75) is 38.3 Å². The number of nitrogens with zero attached hydrogens (tertiary/aromatic N) is 2. The summed E-state index contributed by atoms with van der Waals surface area (Å²) in [4.78, 5) is 5.38. The molecule has 2 bridgehead atoms. The first-order valence-corrected chi connectivity index (χ1v) is 8.86. The summed E-state index contributed by atoms with van der Waals surface area (Å²) in [7, 11) is 0. The van der Waals surface area contributed by atoms with Crippen LogP contribution in [0.2, 0.25) is 5.02 Å². The van der Waals surface area contributed by atoms with Crippen LogP contribution in [0.5, 0.6) is 0 Å². The van der Waals surface area contributed by atoms with Crippen LogP contribution in [0.3, 0.4) is 0 Å². The molecule has 2 saturated carbocycles. The van der Waals surface area contributed by atoms with Gasteiger partial charge in [-0.3, -0.25) is 9.80 Å². The maximum Gasteiger partial charge on any atom is 0.0406 e. The Balaban J connectivity index is 1.29. The quantitative estimate of drug-likeness (QED) is 0.841. The molecule has 0 spiro atoms. The van der Waals surface area contributed by atoms with Gasteiger partial charge in [0.2, 0.25) is 0 Å². The average molecular weight is 305 g/mol. The summed E-state index contributed by atoms with van der Waals surface area (Å²) in [5.41, 5.74) is 1.38. The van der Waals surface area contributed by atoms with Gasteiger partial charge >= 0.3 is 0 Å². The van der Waals surface area contributed by atoms with Crippen LogP contribution in [0, 0.1) is 11.8 Å². The van der Waals surface area contributed by atoms with Gasteiger partial charge in [0.1, 0.15) is 0 Å². The number of hydrogen-bond donors (Lipinski definition) is 0. The molecule has 1 heterocycles. The second-order valence-corrected chi connectivity index (χ2v) is 7.62. The zero-order chi connectivity index (χ0) is 14.2. The Hall–Kier alpha value is -0.570. The summed E-state index contributed by atoms with van der Waals surface area (Å²) in [5, 5.41) is 0.833. The molecular formula is C18H25ClN2. The molecule has 3 atom stereocenters. The van der Waals surface area contributed by atoms with E-state index in [0.29, 0.717) is 0 Å². The monoisotopic (exact) mass is 304 g/mol. The fraction of sp³-hybridized carbons (Fsp3) is 0.667. The normalized spacial score (nSPS) is 33.7. The topological polar surface area (TPSA) is 6.48 Å². The van der Waals surface area contributed by atoms with Crippen LogP contribution >= 0.6 is 11.6 Å². The lowest BCUT2D eigenvalue weighted by atomic mass is 9.93. The average Bonchev–Trinajstić information content (AvgIpc) is 3.13. The van der Waals surface area contributed by atoms with Crippen molar-refractivity contribution < 1.29 is 0 Å². The Labute approximate surface area is 133 Å². The van der Waals surface area contributed by atoms with E-state index in [9.17, 15) is 0 Å². The molecule has 0 amide bonds. The molecule has 3 heteroatoms. The SMILES string of the molecule is Clc1ccc(CN2CCN([C@@H]3C[C@H]4CC[C@@H]3C4)CC2)cc1. The van der Waals surface area contributed by atoms with E-state index in [2.05, 4.69) is 21.9 Å². The van der Waals surface area contributed by atoms with Crippen molar-refractivity contribution in [2.75, 3.05) is 26.2 Å². The highest BCUT2D eigenvalue weighted by molar-refractivity contribution is 6.30. The fourth-order valence-electron chi connectivity index (χ4n) is 4.76. The zero-order valence-electron chi connectivity index (χ0n) is 12.7. The zero-order valence-corrected chi connectivity index (χ0v) is 13.4. The largest absolute Gasteiger partial charge is 0.298 e. The lowest BCUT2D eigenvalue weighted by Crippen LogP contribution is -2.51. The first-order valence-electron chi connectivity index (χ1n) is 8.49. The number of piperazine rings is 1. The van der Waals surface area contributed by atoms with Crippen molar-refractivity contribution in [1.29, 1.82) is 0 Å².